The minimum atomic E-state index is 0.414. The molecule has 2 saturated carbocycles. The van der Waals surface area contributed by atoms with E-state index in [9.17, 15) is 0 Å². The molecular weight excluding hydrogens is 284 g/mol. The molecule has 0 unspecified atom stereocenters. The fourth-order valence-corrected chi connectivity index (χ4v) is 3.31. The van der Waals surface area contributed by atoms with Gasteiger partial charge in [-0.15, -0.1) is 0 Å². The first-order chi connectivity index (χ1) is 11.1. The lowest BCUT2D eigenvalue weighted by Gasteiger charge is -2.37. The van der Waals surface area contributed by atoms with Crippen LogP contribution in [0.5, 0.6) is 0 Å². The first-order valence-corrected chi connectivity index (χ1v) is 9.06. The van der Waals surface area contributed by atoms with Gasteiger partial charge in [0, 0.05) is 13.0 Å². The first-order valence-electron chi connectivity index (χ1n) is 9.06. The summed E-state index contributed by atoms with van der Waals surface area (Å²) in [5, 5.41) is 0. The van der Waals surface area contributed by atoms with Gasteiger partial charge in [-0.2, -0.15) is 0 Å². The van der Waals surface area contributed by atoms with Crippen molar-refractivity contribution in [2.45, 2.75) is 71.3 Å². The lowest BCUT2D eigenvalue weighted by Crippen LogP contribution is -2.28. The number of methoxy groups -OCH3 is 2. The Bertz CT molecular complexity index is 492. The summed E-state index contributed by atoms with van der Waals surface area (Å²) in [5.41, 5.74) is 1.91. The number of ether oxygens (including phenoxy) is 2. The Hall–Kier alpha value is -1.20. The van der Waals surface area contributed by atoms with Gasteiger partial charge in [-0.05, 0) is 68.8 Å². The Balaban J connectivity index is 1.96. The van der Waals surface area contributed by atoms with Gasteiger partial charge in [-0.25, -0.2) is 0 Å². The van der Waals surface area contributed by atoms with Crippen LogP contribution < -0.4 is 0 Å². The van der Waals surface area contributed by atoms with E-state index in [1.807, 2.05) is 7.11 Å². The van der Waals surface area contributed by atoms with Crippen molar-refractivity contribution in [2.24, 2.45) is 11.3 Å². The molecule has 0 aromatic heterocycles. The highest BCUT2D eigenvalue weighted by atomic mass is 16.5. The zero-order chi connectivity index (χ0) is 16.7. The summed E-state index contributed by atoms with van der Waals surface area (Å²) in [6, 6.07) is 0. The predicted octanol–water partition coefficient (Wildman–Crippen LogP) is 5.25. The van der Waals surface area contributed by atoms with Gasteiger partial charge in [0.05, 0.1) is 13.2 Å². The minimum Gasteiger partial charge on any atom is -0.489 e. The third-order valence-electron chi connectivity index (χ3n) is 5.25. The second-order valence-electron chi connectivity index (χ2n) is 7.38. The second kappa shape index (κ2) is 8.60. The van der Waals surface area contributed by atoms with Crippen LogP contribution in [0.1, 0.15) is 65.2 Å². The highest BCUT2D eigenvalue weighted by Crippen LogP contribution is 2.42. The van der Waals surface area contributed by atoms with Crippen LogP contribution in [0.3, 0.4) is 0 Å². The molecule has 2 aliphatic carbocycles. The van der Waals surface area contributed by atoms with Gasteiger partial charge < -0.3 is 9.47 Å². The molecule has 2 fully saturated rings. The van der Waals surface area contributed by atoms with Gasteiger partial charge in [-0.3, -0.25) is 0 Å². The van der Waals surface area contributed by atoms with Crippen molar-refractivity contribution < 1.29 is 9.47 Å². The van der Waals surface area contributed by atoms with Crippen molar-refractivity contribution in [2.75, 3.05) is 14.2 Å². The van der Waals surface area contributed by atoms with E-state index in [2.05, 4.69) is 37.8 Å². The summed E-state index contributed by atoms with van der Waals surface area (Å²) < 4.78 is 10.9. The Kier molecular flexibility index (Phi) is 6.78. The van der Waals surface area contributed by atoms with Gasteiger partial charge in [0.25, 0.3) is 0 Å². The Morgan fingerprint density at radius 2 is 1.83 bits per heavy atom. The molecule has 0 heterocycles. The van der Waals surface area contributed by atoms with E-state index >= 15 is 0 Å². The van der Waals surface area contributed by atoms with Crippen LogP contribution in [-0.4, -0.2) is 20.3 Å². The van der Waals surface area contributed by atoms with Crippen LogP contribution in [0.15, 0.2) is 23.5 Å². The van der Waals surface area contributed by atoms with Crippen LogP contribution in [0.25, 0.3) is 0 Å². The number of allylic oxidation sites excluding steroid dienone is 4. The highest BCUT2D eigenvalue weighted by Gasteiger charge is 2.31. The van der Waals surface area contributed by atoms with E-state index < -0.39 is 0 Å². The Morgan fingerprint density at radius 1 is 1.13 bits per heavy atom. The zero-order valence-electron chi connectivity index (χ0n) is 15.3. The van der Waals surface area contributed by atoms with Gasteiger partial charge in [0.1, 0.15) is 0 Å². The molecular formula is C21H32O2. The van der Waals surface area contributed by atoms with Crippen LogP contribution in [-0.2, 0) is 9.47 Å². The summed E-state index contributed by atoms with van der Waals surface area (Å²) in [5.74, 6) is 7.83. The molecule has 0 atom stereocenters. The average molecular weight is 316 g/mol. The largest absolute Gasteiger partial charge is 0.489 e. The molecule has 0 saturated heterocycles. The van der Waals surface area contributed by atoms with Crippen molar-refractivity contribution in [3.05, 3.63) is 23.5 Å². The van der Waals surface area contributed by atoms with Crippen LogP contribution in [0.4, 0.5) is 0 Å². The molecule has 2 nitrogen and oxygen atoms in total. The van der Waals surface area contributed by atoms with Crippen molar-refractivity contribution in [1.29, 1.82) is 0 Å². The summed E-state index contributed by atoms with van der Waals surface area (Å²) in [6.45, 7) is 4.67. The SMILES string of the molecule is CC/C(=C\C=C(\C#CC1CC1)OC)CC1(C)CCC(OC)CC1. The topological polar surface area (TPSA) is 18.5 Å². The molecule has 0 spiro atoms. The van der Waals surface area contributed by atoms with E-state index in [1.165, 1.54) is 50.5 Å². The maximum absolute atomic E-state index is 5.50. The highest BCUT2D eigenvalue weighted by molar-refractivity contribution is 5.30. The van der Waals surface area contributed by atoms with Gasteiger partial charge in [0.15, 0.2) is 5.76 Å². The standard InChI is InChI=1S/C21H32O2/c1-5-17(8-10-19(22-3)11-9-18-6-7-18)16-21(2)14-12-20(23-4)13-15-21/h8,10,18,20H,5-7,12-16H2,1-4H3/b17-8+,19-10-. The van der Waals surface area contributed by atoms with Gasteiger partial charge >= 0.3 is 0 Å². The number of rotatable bonds is 6. The van der Waals surface area contributed by atoms with Crippen LogP contribution in [0.2, 0.25) is 0 Å². The Labute approximate surface area is 142 Å². The summed E-state index contributed by atoms with van der Waals surface area (Å²) >= 11 is 0. The van der Waals surface area contributed by atoms with Gasteiger partial charge in [0.2, 0.25) is 0 Å². The third-order valence-corrected chi connectivity index (χ3v) is 5.25. The number of hydrogen-bond donors (Lipinski definition) is 0. The van der Waals surface area contributed by atoms with Crippen molar-refractivity contribution in [1.82, 2.24) is 0 Å². The van der Waals surface area contributed by atoms with Crippen LogP contribution in [0, 0.1) is 23.2 Å². The number of hydrogen-bond acceptors (Lipinski definition) is 2. The molecule has 0 aromatic carbocycles. The molecule has 128 valence electrons. The molecule has 2 heteroatoms. The molecule has 2 aliphatic rings. The fourth-order valence-electron chi connectivity index (χ4n) is 3.31. The van der Waals surface area contributed by atoms with Crippen molar-refractivity contribution in [3.63, 3.8) is 0 Å². The predicted molar refractivity (Wildman–Crippen MR) is 96.0 cm³/mol. The van der Waals surface area contributed by atoms with Crippen molar-refractivity contribution in [3.8, 4) is 11.8 Å². The van der Waals surface area contributed by atoms with Gasteiger partial charge in [-0.1, -0.05) is 31.4 Å². The van der Waals surface area contributed by atoms with E-state index in [4.69, 9.17) is 9.47 Å². The second-order valence-corrected chi connectivity index (χ2v) is 7.38. The Morgan fingerprint density at radius 3 is 2.35 bits per heavy atom. The van der Waals surface area contributed by atoms with Crippen LogP contribution >= 0.6 is 0 Å². The van der Waals surface area contributed by atoms with E-state index in [0.717, 1.165) is 12.2 Å². The average Bonchev–Trinajstić information content (AvgIpc) is 3.39. The molecule has 2 rings (SSSR count). The third kappa shape index (κ3) is 6.07. The summed E-state index contributed by atoms with van der Waals surface area (Å²) in [7, 11) is 3.55. The maximum atomic E-state index is 5.50. The molecule has 0 bridgehead atoms. The van der Waals surface area contributed by atoms with E-state index in [0.29, 0.717) is 17.4 Å². The lowest BCUT2D eigenvalue weighted by atomic mass is 9.70. The fraction of sp³-hybridized carbons (Fsp3) is 0.714. The zero-order valence-corrected chi connectivity index (χ0v) is 15.3. The normalized spacial score (nSPS) is 29.0. The first kappa shape index (κ1) is 18.1. The molecule has 0 radical (unpaired) electrons. The maximum Gasteiger partial charge on any atom is 0.169 e. The van der Waals surface area contributed by atoms with Crippen molar-refractivity contribution >= 4 is 0 Å². The smallest absolute Gasteiger partial charge is 0.169 e. The molecule has 0 aromatic rings. The summed E-state index contributed by atoms with van der Waals surface area (Å²) in [6.07, 6.45) is 14.4. The summed E-state index contributed by atoms with van der Waals surface area (Å²) in [4.78, 5) is 0. The molecule has 23 heavy (non-hydrogen) atoms. The molecule has 0 amide bonds. The van der Waals surface area contributed by atoms with E-state index in [1.54, 1.807) is 7.11 Å². The quantitative estimate of drug-likeness (QED) is 0.378. The minimum absolute atomic E-state index is 0.414. The monoisotopic (exact) mass is 316 g/mol. The molecule has 0 N–H and O–H groups in total. The molecule has 0 aliphatic heterocycles. The van der Waals surface area contributed by atoms with E-state index in [-0.39, 0.29) is 0 Å². The lowest BCUT2D eigenvalue weighted by molar-refractivity contribution is 0.0323.